The second kappa shape index (κ2) is 5.09. The number of hydrogen-bond donors (Lipinski definition) is 3. The molecular weight excluding hydrogens is 252 g/mol. The Bertz CT molecular complexity index is 501. The number of hydrogen-bond acceptors (Lipinski definition) is 6. The molecule has 2 aliphatic rings. The van der Waals surface area contributed by atoms with Gasteiger partial charge in [0.2, 0.25) is 5.95 Å². The highest BCUT2D eigenvalue weighted by molar-refractivity contribution is 5.61. The molecule has 0 saturated carbocycles. The van der Waals surface area contributed by atoms with E-state index in [1.165, 1.54) is 6.42 Å². The van der Waals surface area contributed by atoms with Crippen LogP contribution in [0.1, 0.15) is 38.2 Å². The highest BCUT2D eigenvalue weighted by atomic mass is 15.2. The van der Waals surface area contributed by atoms with Crippen molar-refractivity contribution in [3.63, 3.8) is 0 Å². The van der Waals surface area contributed by atoms with E-state index in [9.17, 15) is 0 Å². The van der Waals surface area contributed by atoms with Crippen LogP contribution < -0.4 is 21.7 Å². The van der Waals surface area contributed by atoms with Crippen LogP contribution >= 0.6 is 0 Å². The molecule has 0 bridgehead atoms. The lowest BCUT2D eigenvalue weighted by atomic mass is 9.92. The van der Waals surface area contributed by atoms with Crippen LogP contribution in [0.5, 0.6) is 0 Å². The molecule has 0 unspecified atom stereocenters. The van der Waals surface area contributed by atoms with Crippen molar-refractivity contribution < 1.29 is 0 Å². The first kappa shape index (κ1) is 13.4. The summed E-state index contributed by atoms with van der Waals surface area (Å²) in [5, 5.41) is 3.58. The van der Waals surface area contributed by atoms with E-state index < -0.39 is 0 Å². The Morgan fingerprint density at radius 2 is 2.05 bits per heavy atom. The van der Waals surface area contributed by atoms with Gasteiger partial charge in [0.1, 0.15) is 11.6 Å². The van der Waals surface area contributed by atoms with Crippen molar-refractivity contribution in [2.24, 2.45) is 5.92 Å². The highest BCUT2D eigenvalue weighted by Crippen LogP contribution is 2.34. The Morgan fingerprint density at radius 1 is 1.25 bits per heavy atom. The maximum absolute atomic E-state index is 6.07. The highest BCUT2D eigenvalue weighted by Gasteiger charge is 2.34. The van der Waals surface area contributed by atoms with Crippen molar-refractivity contribution in [1.29, 1.82) is 0 Å². The average molecular weight is 276 g/mol. The molecule has 3 rings (SSSR count). The molecule has 1 aromatic rings. The zero-order chi connectivity index (χ0) is 14.3. The van der Waals surface area contributed by atoms with Crippen LogP contribution in [0.3, 0.4) is 0 Å². The second-order valence-electron chi connectivity index (χ2n) is 6.20. The minimum atomic E-state index is 0.272. The van der Waals surface area contributed by atoms with Gasteiger partial charge < -0.3 is 21.7 Å². The van der Waals surface area contributed by atoms with Crippen molar-refractivity contribution in [1.82, 2.24) is 15.3 Å². The van der Waals surface area contributed by atoms with Crippen LogP contribution in [0.4, 0.5) is 17.6 Å². The molecule has 5 N–H and O–H groups in total. The molecule has 0 spiro atoms. The molecule has 0 amide bonds. The Kier molecular flexibility index (Phi) is 3.41. The van der Waals surface area contributed by atoms with Crippen molar-refractivity contribution in [3.8, 4) is 0 Å². The van der Waals surface area contributed by atoms with Crippen molar-refractivity contribution in [3.05, 3.63) is 5.56 Å². The predicted molar refractivity (Wildman–Crippen MR) is 81.7 cm³/mol. The van der Waals surface area contributed by atoms with Gasteiger partial charge in [-0.2, -0.15) is 9.97 Å². The first-order valence-electron chi connectivity index (χ1n) is 7.47. The molecule has 2 atom stereocenters. The molecule has 3 heterocycles. The molecule has 1 aromatic heterocycles. The number of nitrogen functional groups attached to an aromatic ring is 2. The van der Waals surface area contributed by atoms with Gasteiger partial charge in [-0.3, -0.25) is 0 Å². The molecule has 2 fully saturated rings. The first-order valence-corrected chi connectivity index (χ1v) is 7.47. The zero-order valence-electron chi connectivity index (χ0n) is 12.3. The van der Waals surface area contributed by atoms with Gasteiger partial charge in [-0.25, -0.2) is 0 Å². The minimum absolute atomic E-state index is 0.272. The van der Waals surface area contributed by atoms with Gasteiger partial charge in [0.15, 0.2) is 0 Å². The fraction of sp³-hybridized carbons (Fsp3) is 0.714. The smallest absolute Gasteiger partial charge is 0.223 e. The number of nitrogens with zero attached hydrogens (tertiary/aromatic N) is 3. The number of fused-ring (bicyclic) bond motifs is 1. The normalized spacial score (nSPS) is 26.1. The molecule has 0 aliphatic carbocycles. The van der Waals surface area contributed by atoms with Crippen LogP contribution in [0, 0.1) is 5.92 Å². The Labute approximate surface area is 119 Å². The molecule has 0 radical (unpaired) electrons. The summed E-state index contributed by atoms with van der Waals surface area (Å²) in [7, 11) is 0. The Balaban J connectivity index is 1.93. The standard InChI is InChI=1S/C14H24N6/c1-8(2)11-12(15)18-14(16)19-13(11)20-6-4-10-9(7-20)3-5-17-10/h8-10,17H,3-7H2,1-2H3,(H4,15,16,18,19)/t9-,10+/m1/s1. The fourth-order valence-electron chi connectivity index (χ4n) is 3.53. The third-order valence-corrected chi connectivity index (χ3v) is 4.50. The van der Waals surface area contributed by atoms with Gasteiger partial charge in [0, 0.05) is 24.7 Å². The lowest BCUT2D eigenvalue weighted by Gasteiger charge is -2.37. The van der Waals surface area contributed by atoms with E-state index in [0.29, 0.717) is 23.7 Å². The average Bonchev–Trinajstić information content (AvgIpc) is 2.84. The summed E-state index contributed by atoms with van der Waals surface area (Å²) in [6, 6.07) is 0.672. The van der Waals surface area contributed by atoms with E-state index in [1.807, 2.05) is 0 Å². The van der Waals surface area contributed by atoms with Crippen LogP contribution in [0.25, 0.3) is 0 Å². The van der Waals surface area contributed by atoms with Crippen molar-refractivity contribution in [2.75, 3.05) is 36.0 Å². The van der Waals surface area contributed by atoms with Gasteiger partial charge >= 0.3 is 0 Å². The summed E-state index contributed by atoms with van der Waals surface area (Å²) in [6.07, 6.45) is 2.40. The molecule has 6 nitrogen and oxygen atoms in total. The minimum Gasteiger partial charge on any atom is -0.383 e. The summed E-state index contributed by atoms with van der Waals surface area (Å²) < 4.78 is 0. The van der Waals surface area contributed by atoms with Gasteiger partial charge in [0.05, 0.1) is 0 Å². The lowest BCUT2D eigenvalue weighted by Crippen LogP contribution is -2.45. The zero-order valence-corrected chi connectivity index (χ0v) is 12.3. The van der Waals surface area contributed by atoms with Crippen LogP contribution in [0.15, 0.2) is 0 Å². The third kappa shape index (κ3) is 2.28. The van der Waals surface area contributed by atoms with E-state index in [4.69, 9.17) is 11.5 Å². The molecule has 0 aromatic carbocycles. The molecule has 20 heavy (non-hydrogen) atoms. The third-order valence-electron chi connectivity index (χ3n) is 4.50. The van der Waals surface area contributed by atoms with E-state index in [-0.39, 0.29) is 5.95 Å². The topological polar surface area (TPSA) is 93.1 Å². The van der Waals surface area contributed by atoms with Gasteiger partial charge in [0.25, 0.3) is 0 Å². The number of anilines is 3. The first-order chi connectivity index (χ1) is 9.56. The van der Waals surface area contributed by atoms with Gasteiger partial charge in [-0.1, -0.05) is 13.8 Å². The van der Waals surface area contributed by atoms with Crippen LogP contribution in [0.2, 0.25) is 0 Å². The van der Waals surface area contributed by atoms with E-state index in [0.717, 1.165) is 37.4 Å². The number of nitrogens with two attached hydrogens (primary N) is 2. The number of nitrogens with one attached hydrogen (secondary N) is 1. The monoisotopic (exact) mass is 276 g/mol. The summed E-state index contributed by atoms with van der Waals surface area (Å²) in [4.78, 5) is 11.0. The van der Waals surface area contributed by atoms with Gasteiger partial charge in [-0.05, 0) is 31.2 Å². The number of aromatic nitrogens is 2. The number of rotatable bonds is 2. The van der Waals surface area contributed by atoms with Crippen molar-refractivity contribution in [2.45, 2.75) is 38.6 Å². The Hall–Kier alpha value is -1.56. The fourth-order valence-corrected chi connectivity index (χ4v) is 3.53. The van der Waals surface area contributed by atoms with Gasteiger partial charge in [-0.15, -0.1) is 0 Å². The molecule has 2 aliphatic heterocycles. The predicted octanol–water partition coefficient (Wildman–Crippen LogP) is 0.953. The quantitative estimate of drug-likeness (QED) is 0.745. The van der Waals surface area contributed by atoms with E-state index in [2.05, 4.69) is 34.0 Å². The van der Waals surface area contributed by atoms with E-state index >= 15 is 0 Å². The maximum Gasteiger partial charge on any atom is 0.223 e. The SMILES string of the molecule is CC(C)c1c(N)nc(N)nc1N1CC[C@@H]2NCC[C@@H]2C1. The summed E-state index contributed by atoms with van der Waals surface area (Å²) in [5.41, 5.74) is 12.9. The number of piperidine rings is 1. The molecule has 110 valence electrons. The van der Waals surface area contributed by atoms with Crippen molar-refractivity contribution >= 4 is 17.6 Å². The summed E-state index contributed by atoms with van der Waals surface area (Å²) in [5.74, 6) is 2.74. The van der Waals surface area contributed by atoms with Crippen LogP contribution in [-0.2, 0) is 0 Å². The largest absolute Gasteiger partial charge is 0.383 e. The molecule has 2 saturated heterocycles. The summed E-state index contributed by atoms with van der Waals surface area (Å²) >= 11 is 0. The molecular formula is C14H24N6. The Morgan fingerprint density at radius 3 is 2.80 bits per heavy atom. The molecule has 6 heteroatoms. The lowest BCUT2D eigenvalue weighted by molar-refractivity contribution is 0.374. The van der Waals surface area contributed by atoms with Crippen LogP contribution in [-0.4, -0.2) is 35.6 Å². The maximum atomic E-state index is 6.07. The second-order valence-corrected chi connectivity index (χ2v) is 6.20. The van der Waals surface area contributed by atoms with E-state index in [1.54, 1.807) is 0 Å². The summed E-state index contributed by atoms with van der Waals surface area (Å²) in [6.45, 7) is 7.42.